The number of hydrogen-bond donors (Lipinski definition) is 2. The summed E-state index contributed by atoms with van der Waals surface area (Å²) in [7, 11) is 0. The lowest BCUT2D eigenvalue weighted by Gasteiger charge is -2.15. The van der Waals surface area contributed by atoms with E-state index >= 15 is 0 Å². The van der Waals surface area contributed by atoms with E-state index in [4.69, 9.17) is 16.3 Å². The summed E-state index contributed by atoms with van der Waals surface area (Å²) < 4.78 is 5.81. The van der Waals surface area contributed by atoms with Crippen molar-refractivity contribution in [3.63, 3.8) is 0 Å². The molecule has 0 atom stereocenters. The van der Waals surface area contributed by atoms with Gasteiger partial charge in [0.15, 0.2) is 0 Å². The van der Waals surface area contributed by atoms with Crippen LogP contribution in [-0.4, -0.2) is 17.0 Å². The maximum atomic E-state index is 12.5. The number of para-hydroxylation sites is 2. The smallest absolute Gasteiger partial charge is 0.257 e. The van der Waals surface area contributed by atoms with Crippen molar-refractivity contribution in [1.82, 2.24) is 4.98 Å². The van der Waals surface area contributed by atoms with Gasteiger partial charge in [-0.15, -0.1) is 0 Å². The Bertz CT molecular complexity index is 944. The van der Waals surface area contributed by atoms with Gasteiger partial charge in [-0.25, -0.2) is 0 Å². The molecule has 0 aliphatic rings. The van der Waals surface area contributed by atoms with Crippen molar-refractivity contribution < 1.29 is 9.53 Å². The number of aromatic nitrogens is 1. The van der Waals surface area contributed by atoms with E-state index in [0.717, 1.165) is 11.4 Å². The molecule has 2 aromatic carbocycles. The summed E-state index contributed by atoms with van der Waals surface area (Å²) in [6.45, 7) is 3.94. The third-order valence-corrected chi connectivity index (χ3v) is 3.85. The summed E-state index contributed by atoms with van der Waals surface area (Å²) in [6, 6.07) is 16.4. The number of pyridine rings is 1. The van der Waals surface area contributed by atoms with Crippen LogP contribution in [0, 0.1) is 0 Å². The van der Waals surface area contributed by atoms with Gasteiger partial charge in [0.2, 0.25) is 0 Å². The fraction of sp³-hybridized carbons (Fsp3) is 0.143. The highest BCUT2D eigenvalue weighted by molar-refractivity contribution is 6.31. The second kappa shape index (κ2) is 8.56. The molecule has 3 aromatic rings. The standard InChI is InChI=1S/C21H20ClN3O2/c1-14(2)27-20-9-4-3-8-19(20)24-18-10-15(12-23-13-18)21(26)25-17-7-5-6-16(22)11-17/h3-14,24H,1-2H3,(H,25,26). The van der Waals surface area contributed by atoms with Crippen molar-refractivity contribution in [2.75, 3.05) is 10.6 Å². The highest BCUT2D eigenvalue weighted by Crippen LogP contribution is 2.28. The van der Waals surface area contributed by atoms with Crippen molar-refractivity contribution >= 4 is 34.6 Å². The second-order valence-electron chi connectivity index (χ2n) is 6.21. The van der Waals surface area contributed by atoms with Crippen LogP contribution in [-0.2, 0) is 0 Å². The molecule has 1 aromatic heterocycles. The monoisotopic (exact) mass is 381 g/mol. The quantitative estimate of drug-likeness (QED) is 0.590. The molecule has 5 nitrogen and oxygen atoms in total. The number of benzene rings is 2. The Hall–Kier alpha value is -3.05. The Kier molecular flexibility index (Phi) is 5.94. The summed E-state index contributed by atoms with van der Waals surface area (Å²) in [5.41, 5.74) is 2.55. The van der Waals surface area contributed by atoms with Gasteiger partial charge in [-0.05, 0) is 50.2 Å². The predicted octanol–water partition coefficient (Wildman–Crippen LogP) is 5.52. The Morgan fingerprint density at radius 2 is 1.85 bits per heavy atom. The van der Waals surface area contributed by atoms with Crippen molar-refractivity contribution in [2.24, 2.45) is 0 Å². The van der Waals surface area contributed by atoms with Gasteiger partial charge in [0, 0.05) is 16.9 Å². The Morgan fingerprint density at radius 3 is 2.63 bits per heavy atom. The molecule has 0 saturated carbocycles. The summed E-state index contributed by atoms with van der Waals surface area (Å²) in [6.07, 6.45) is 3.23. The van der Waals surface area contributed by atoms with Crippen molar-refractivity contribution in [3.05, 3.63) is 77.6 Å². The third-order valence-electron chi connectivity index (χ3n) is 3.61. The van der Waals surface area contributed by atoms with Crippen LogP contribution in [0.3, 0.4) is 0 Å². The molecule has 138 valence electrons. The normalized spacial score (nSPS) is 10.5. The van der Waals surface area contributed by atoms with E-state index in [0.29, 0.717) is 22.0 Å². The van der Waals surface area contributed by atoms with Crippen LogP contribution >= 0.6 is 11.6 Å². The summed E-state index contributed by atoms with van der Waals surface area (Å²) >= 11 is 5.96. The first-order valence-corrected chi connectivity index (χ1v) is 8.94. The summed E-state index contributed by atoms with van der Waals surface area (Å²) in [5.74, 6) is 0.474. The van der Waals surface area contributed by atoms with Gasteiger partial charge in [-0.2, -0.15) is 0 Å². The maximum Gasteiger partial charge on any atom is 0.257 e. The number of amides is 1. The molecule has 0 spiro atoms. The minimum atomic E-state index is -0.264. The number of anilines is 3. The summed E-state index contributed by atoms with van der Waals surface area (Å²) in [4.78, 5) is 16.7. The SMILES string of the molecule is CC(C)Oc1ccccc1Nc1cncc(C(=O)Nc2cccc(Cl)c2)c1. The number of carbonyl (C=O) groups is 1. The Labute approximate surface area is 163 Å². The molecule has 0 bridgehead atoms. The molecule has 0 unspecified atom stereocenters. The van der Waals surface area contributed by atoms with E-state index < -0.39 is 0 Å². The second-order valence-corrected chi connectivity index (χ2v) is 6.65. The van der Waals surface area contributed by atoms with Crippen molar-refractivity contribution in [2.45, 2.75) is 20.0 Å². The largest absolute Gasteiger partial charge is 0.489 e. The van der Waals surface area contributed by atoms with Crippen LogP contribution in [0.1, 0.15) is 24.2 Å². The Balaban J connectivity index is 1.77. The molecule has 1 amide bonds. The number of ether oxygens (including phenoxy) is 1. The fourth-order valence-corrected chi connectivity index (χ4v) is 2.67. The number of hydrogen-bond acceptors (Lipinski definition) is 4. The molecule has 0 fully saturated rings. The fourth-order valence-electron chi connectivity index (χ4n) is 2.48. The van der Waals surface area contributed by atoms with E-state index in [9.17, 15) is 4.79 Å². The molecule has 1 heterocycles. The van der Waals surface area contributed by atoms with E-state index in [1.807, 2.05) is 38.1 Å². The zero-order chi connectivity index (χ0) is 19.2. The van der Waals surface area contributed by atoms with Gasteiger partial charge in [0.25, 0.3) is 5.91 Å². The van der Waals surface area contributed by atoms with Gasteiger partial charge >= 0.3 is 0 Å². The van der Waals surface area contributed by atoms with E-state index in [1.54, 1.807) is 36.5 Å². The maximum absolute atomic E-state index is 12.5. The van der Waals surface area contributed by atoms with Gasteiger partial charge in [-0.3, -0.25) is 9.78 Å². The summed E-state index contributed by atoms with van der Waals surface area (Å²) in [5, 5.41) is 6.63. The molecule has 6 heteroatoms. The molecule has 0 radical (unpaired) electrons. The van der Waals surface area contributed by atoms with Crippen LogP contribution in [0.2, 0.25) is 5.02 Å². The number of rotatable bonds is 6. The lowest BCUT2D eigenvalue weighted by molar-refractivity contribution is 0.102. The van der Waals surface area contributed by atoms with Crippen molar-refractivity contribution in [3.8, 4) is 5.75 Å². The first-order chi connectivity index (χ1) is 13.0. The van der Waals surface area contributed by atoms with Gasteiger partial charge in [0.05, 0.1) is 29.2 Å². The lowest BCUT2D eigenvalue weighted by atomic mass is 10.2. The van der Waals surface area contributed by atoms with E-state index in [2.05, 4.69) is 15.6 Å². The number of carbonyl (C=O) groups excluding carboxylic acids is 1. The average Bonchev–Trinajstić information content (AvgIpc) is 2.63. The predicted molar refractivity (Wildman–Crippen MR) is 109 cm³/mol. The minimum absolute atomic E-state index is 0.0564. The van der Waals surface area contributed by atoms with Crippen LogP contribution < -0.4 is 15.4 Å². The molecule has 0 saturated heterocycles. The van der Waals surface area contributed by atoms with Crippen molar-refractivity contribution in [1.29, 1.82) is 0 Å². The van der Waals surface area contributed by atoms with Gasteiger partial charge in [0.1, 0.15) is 5.75 Å². The number of halogens is 1. The Morgan fingerprint density at radius 1 is 1.04 bits per heavy atom. The topological polar surface area (TPSA) is 63.2 Å². The molecular weight excluding hydrogens is 362 g/mol. The highest BCUT2D eigenvalue weighted by atomic mass is 35.5. The molecule has 3 rings (SSSR count). The lowest BCUT2D eigenvalue weighted by Crippen LogP contribution is -2.12. The third kappa shape index (κ3) is 5.21. The van der Waals surface area contributed by atoms with Crippen LogP contribution in [0.25, 0.3) is 0 Å². The number of nitrogens with zero attached hydrogens (tertiary/aromatic N) is 1. The van der Waals surface area contributed by atoms with E-state index in [1.165, 1.54) is 6.20 Å². The zero-order valence-electron chi connectivity index (χ0n) is 15.1. The van der Waals surface area contributed by atoms with Crippen LogP contribution in [0.15, 0.2) is 67.0 Å². The first-order valence-electron chi connectivity index (χ1n) is 8.56. The minimum Gasteiger partial charge on any atom is -0.489 e. The average molecular weight is 382 g/mol. The molecule has 0 aliphatic heterocycles. The van der Waals surface area contributed by atoms with Gasteiger partial charge in [-0.1, -0.05) is 29.8 Å². The molecular formula is C21H20ClN3O2. The van der Waals surface area contributed by atoms with Gasteiger partial charge < -0.3 is 15.4 Å². The highest BCUT2D eigenvalue weighted by Gasteiger charge is 2.10. The van der Waals surface area contributed by atoms with E-state index in [-0.39, 0.29) is 12.0 Å². The van der Waals surface area contributed by atoms with Crippen LogP contribution in [0.4, 0.5) is 17.1 Å². The first kappa shape index (κ1) is 18.7. The van der Waals surface area contributed by atoms with Crippen LogP contribution in [0.5, 0.6) is 5.75 Å². The number of nitrogens with one attached hydrogen (secondary N) is 2. The molecule has 2 N–H and O–H groups in total. The zero-order valence-corrected chi connectivity index (χ0v) is 15.8. The molecule has 27 heavy (non-hydrogen) atoms. The molecule has 0 aliphatic carbocycles.